The van der Waals surface area contributed by atoms with Gasteiger partial charge in [0, 0.05) is 22.9 Å². The van der Waals surface area contributed by atoms with Crippen LogP contribution in [0, 0.1) is 0 Å². The molecular formula is C20H28N2S. The highest BCUT2D eigenvalue weighted by molar-refractivity contribution is 7.80. The molecule has 3 heteroatoms. The fraction of sp³-hybridized carbons (Fsp3) is 0.500. The van der Waals surface area contributed by atoms with Gasteiger partial charge in [-0.2, -0.15) is 0 Å². The first-order valence-corrected chi connectivity index (χ1v) is 9.32. The van der Waals surface area contributed by atoms with Crippen LogP contribution < -0.4 is 0 Å². The van der Waals surface area contributed by atoms with Gasteiger partial charge in [0.2, 0.25) is 0 Å². The van der Waals surface area contributed by atoms with Crippen molar-refractivity contribution in [1.29, 1.82) is 0 Å². The molecule has 1 aromatic carbocycles. The molecule has 0 N–H and O–H groups in total. The SMILES string of the molecule is CCCCCCc1ccc(-c2ncc(CCCC)cn2)c(S)c1. The molecule has 0 unspecified atom stereocenters. The molecule has 0 bridgehead atoms. The first kappa shape index (κ1) is 18.0. The third-order valence-corrected chi connectivity index (χ3v) is 4.52. The summed E-state index contributed by atoms with van der Waals surface area (Å²) < 4.78 is 0. The van der Waals surface area contributed by atoms with E-state index in [0.717, 1.165) is 29.1 Å². The van der Waals surface area contributed by atoms with Crippen molar-refractivity contribution in [3.8, 4) is 11.4 Å². The Hall–Kier alpha value is -1.35. The lowest BCUT2D eigenvalue weighted by Gasteiger charge is -2.08. The van der Waals surface area contributed by atoms with Crippen LogP contribution in [0.15, 0.2) is 35.5 Å². The van der Waals surface area contributed by atoms with Crippen molar-refractivity contribution < 1.29 is 0 Å². The number of benzene rings is 1. The number of unbranched alkanes of at least 4 members (excludes halogenated alkanes) is 4. The first-order valence-electron chi connectivity index (χ1n) is 8.87. The second-order valence-corrected chi connectivity index (χ2v) is 6.66. The Labute approximate surface area is 146 Å². The summed E-state index contributed by atoms with van der Waals surface area (Å²) in [5.74, 6) is 0.771. The van der Waals surface area contributed by atoms with Gasteiger partial charge in [0.15, 0.2) is 5.82 Å². The van der Waals surface area contributed by atoms with E-state index in [4.69, 9.17) is 0 Å². The lowest BCUT2D eigenvalue weighted by atomic mass is 10.0. The summed E-state index contributed by atoms with van der Waals surface area (Å²) in [5.41, 5.74) is 3.59. The van der Waals surface area contributed by atoms with Gasteiger partial charge in [0.25, 0.3) is 0 Å². The van der Waals surface area contributed by atoms with E-state index < -0.39 is 0 Å². The van der Waals surface area contributed by atoms with Crippen LogP contribution in [-0.4, -0.2) is 9.97 Å². The lowest BCUT2D eigenvalue weighted by Crippen LogP contribution is -1.95. The quantitative estimate of drug-likeness (QED) is 0.458. The topological polar surface area (TPSA) is 25.8 Å². The van der Waals surface area contributed by atoms with Gasteiger partial charge in [0.05, 0.1) is 0 Å². The molecule has 0 aliphatic heterocycles. The monoisotopic (exact) mass is 328 g/mol. The number of aryl methyl sites for hydroxylation is 2. The van der Waals surface area contributed by atoms with Gasteiger partial charge in [-0.3, -0.25) is 0 Å². The predicted octanol–water partition coefficient (Wildman–Crippen LogP) is 5.90. The number of hydrogen-bond acceptors (Lipinski definition) is 3. The number of nitrogens with zero attached hydrogens (tertiary/aromatic N) is 2. The van der Waals surface area contributed by atoms with Crippen molar-refractivity contribution in [2.75, 3.05) is 0 Å². The molecule has 0 aliphatic rings. The number of hydrogen-bond donors (Lipinski definition) is 1. The number of aromatic nitrogens is 2. The highest BCUT2D eigenvalue weighted by Gasteiger charge is 2.07. The molecule has 1 heterocycles. The van der Waals surface area contributed by atoms with Crippen molar-refractivity contribution in [2.45, 2.75) is 70.1 Å². The van der Waals surface area contributed by atoms with Crippen molar-refractivity contribution >= 4 is 12.6 Å². The van der Waals surface area contributed by atoms with Crippen molar-refractivity contribution in [3.63, 3.8) is 0 Å². The van der Waals surface area contributed by atoms with E-state index in [2.05, 4.69) is 54.6 Å². The number of thiol groups is 1. The van der Waals surface area contributed by atoms with E-state index in [1.165, 1.54) is 49.7 Å². The minimum absolute atomic E-state index is 0.771. The summed E-state index contributed by atoms with van der Waals surface area (Å²) >= 11 is 4.64. The molecule has 1 aromatic heterocycles. The summed E-state index contributed by atoms with van der Waals surface area (Å²) in [4.78, 5) is 10.0. The van der Waals surface area contributed by atoms with Crippen LogP contribution in [0.25, 0.3) is 11.4 Å². The fourth-order valence-corrected chi connectivity index (χ4v) is 3.02. The van der Waals surface area contributed by atoms with Crippen LogP contribution in [0.4, 0.5) is 0 Å². The van der Waals surface area contributed by atoms with Crippen LogP contribution in [-0.2, 0) is 12.8 Å². The predicted molar refractivity (Wildman–Crippen MR) is 101 cm³/mol. The van der Waals surface area contributed by atoms with Gasteiger partial charge < -0.3 is 0 Å². The van der Waals surface area contributed by atoms with E-state index in [-0.39, 0.29) is 0 Å². The summed E-state index contributed by atoms with van der Waals surface area (Å²) in [5, 5.41) is 0. The van der Waals surface area contributed by atoms with E-state index in [1.54, 1.807) is 0 Å². The van der Waals surface area contributed by atoms with Crippen molar-refractivity contribution in [2.24, 2.45) is 0 Å². The van der Waals surface area contributed by atoms with Crippen molar-refractivity contribution in [3.05, 3.63) is 41.7 Å². The second-order valence-electron chi connectivity index (χ2n) is 6.18. The molecular weight excluding hydrogens is 300 g/mol. The van der Waals surface area contributed by atoms with Crippen LogP contribution >= 0.6 is 12.6 Å². The van der Waals surface area contributed by atoms with E-state index >= 15 is 0 Å². The zero-order chi connectivity index (χ0) is 16.5. The highest BCUT2D eigenvalue weighted by atomic mass is 32.1. The van der Waals surface area contributed by atoms with Crippen molar-refractivity contribution in [1.82, 2.24) is 9.97 Å². The average molecular weight is 329 g/mol. The molecule has 0 fully saturated rings. The standard InChI is InChI=1S/C20H28N2S/c1-3-5-7-8-10-16-11-12-18(19(23)13-16)20-21-14-17(15-22-20)9-6-4-2/h11-15,23H,3-10H2,1-2H3. The molecule has 0 spiro atoms. The van der Waals surface area contributed by atoms with E-state index in [9.17, 15) is 0 Å². The van der Waals surface area contributed by atoms with Gasteiger partial charge in [-0.1, -0.05) is 45.6 Å². The van der Waals surface area contributed by atoms with Crippen LogP contribution in [0.3, 0.4) is 0 Å². The van der Waals surface area contributed by atoms with Crippen LogP contribution in [0.1, 0.15) is 63.5 Å². The molecule has 0 saturated carbocycles. The molecule has 2 nitrogen and oxygen atoms in total. The Morgan fingerprint density at radius 2 is 1.52 bits per heavy atom. The summed E-state index contributed by atoms with van der Waals surface area (Å²) in [6.07, 6.45) is 13.6. The molecule has 0 amide bonds. The smallest absolute Gasteiger partial charge is 0.160 e. The second kappa shape index (κ2) is 9.71. The van der Waals surface area contributed by atoms with Gasteiger partial charge in [-0.05, 0) is 48.9 Å². The largest absolute Gasteiger partial charge is 0.236 e. The van der Waals surface area contributed by atoms with Gasteiger partial charge in [-0.15, -0.1) is 12.6 Å². The van der Waals surface area contributed by atoms with Crippen LogP contribution in [0.2, 0.25) is 0 Å². The van der Waals surface area contributed by atoms with Crippen LogP contribution in [0.5, 0.6) is 0 Å². The maximum absolute atomic E-state index is 4.64. The zero-order valence-electron chi connectivity index (χ0n) is 14.4. The fourth-order valence-electron chi connectivity index (χ4n) is 2.68. The first-order chi connectivity index (χ1) is 11.2. The Morgan fingerprint density at radius 3 is 2.17 bits per heavy atom. The van der Waals surface area contributed by atoms with Gasteiger partial charge in [-0.25, -0.2) is 9.97 Å². The number of rotatable bonds is 9. The van der Waals surface area contributed by atoms with Gasteiger partial charge >= 0.3 is 0 Å². The lowest BCUT2D eigenvalue weighted by molar-refractivity contribution is 0.666. The summed E-state index contributed by atoms with van der Waals surface area (Å²) in [7, 11) is 0. The minimum Gasteiger partial charge on any atom is -0.236 e. The molecule has 2 rings (SSSR count). The van der Waals surface area contributed by atoms with E-state index in [1.807, 2.05) is 12.4 Å². The average Bonchev–Trinajstić information content (AvgIpc) is 2.58. The molecule has 124 valence electrons. The molecule has 0 saturated heterocycles. The third kappa shape index (κ3) is 5.65. The molecule has 0 atom stereocenters. The summed E-state index contributed by atoms with van der Waals surface area (Å²) in [6, 6.07) is 6.46. The molecule has 2 aromatic rings. The Bertz CT molecular complexity index is 593. The Kier molecular flexibility index (Phi) is 7.60. The normalized spacial score (nSPS) is 10.9. The van der Waals surface area contributed by atoms with Gasteiger partial charge in [0.1, 0.15) is 0 Å². The third-order valence-electron chi connectivity index (χ3n) is 4.15. The Morgan fingerprint density at radius 1 is 0.826 bits per heavy atom. The minimum atomic E-state index is 0.771. The Balaban J connectivity index is 2.02. The maximum Gasteiger partial charge on any atom is 0.160 e. The molecule has 23 heavy (non-hydrogen) atoms. The zero-order valence-corrected chi connectivity index (χ0v) is 15.3. The highest BCUT2D eigenvalue weighted by Crippen LogP contribution is 2.25. The van der Waals surface area contributed by atoms with E-state index in [0.29, 0.717) is 0 Å². The summed E-state index contributed by atoms with van der Waals surface area (Å²) in [6.45, 7) is 4.44. The maximum atomic E-state index is 4.64. The molecule has 0 aliphatic carbocycles. The molecule has 0 radical (unpaired) electrons.